The van der Waals surface area contributed by atoms with Crippen molar-refractivity contribution in [2.45, 2.75) is 6.42 Å². The molecule has 0 amide bonds. The molecular weight excluding hydrogens is 254 g/mol. The number of hydrogen-bond acceptors (Lipinski definition) is 6. The molecule has 0 aliphatic rings. The van der Waals surface area contributed by atoms with Gasteiger partial charge in [-0.1, -0.05) is 0 Å². The first kappa shape index (κ1) is 14.4. The lowest BCUT2D eigenvalue weighted by atomic mass is 10.4. The topological polar surface area (TPSA) is 95.9 Å². The summed E-state index contributed by atoms with van der Waals surface area (Å²) in [6.45, 7) is 0.689. The third-order valence-corrected chi connectivity index (χ3v) is 3.12. The number of nitrogens with zero attached hydrogens (tertiary/aromatic N) is 2. The van der Waals surface area contributed by atoms with E-state index < -0.39 is 4.92 Å². The Hall–Kier alpha value is -1.70. The van der Waals surface area contributed by atoms with Crippen molar-refractivity contribution in [3.63, 3.8) is 0 Å². The van der Waals surface area contributed by atoms with Gasteiger partial charge < -0.3 is 15.6 Å². The highest BCUT2D eigenvalue weighted by Gasteiger charge is 1.99. The van der Waals surface area contributed by atoms with Crippen molar-refractivity contribution in [1.82, 2.24) is 20.6 Å². The van der Waals surface area contributed by atoms with Crippen LogP contribution in [0.15, 0.2) is 24.5 Å². The Morgan fingerprint density at radius 2 is 2.50 bits per heavy atom. The van der Waals surface area contributed by atoms with Gasteiger partial charge in [-0.2, -0.15) is 11.8 Å². The summed E-state index contributed by atoms with van der Waals surface area (Å²) < 4.78 is 0. The molecule has 1 heterocycles. The number of hydrogen-bond donors (Lipinski definition) is 3. The lowest BCUT2D eigenvalue weighted by Gasteiger charge is -2.07. The molecule has 1 rings (SSSR count). The van der Waals surface area contributed by atoms with Gasteiger partial charge in [0.05, 0.1) is 11.3 Å². The lowest BCUT2D eigenvalue weighted by Crippen LogP contribution is -2.26. The van der Waals surface area contributed by atoms with Gasteiger partial charge in [-0.3, -0.25) is 10.1 Å². The van der Waals surface area contributed by atoms with Crippen molar-refractivity contribution in [2.24, 2.45) is 0 Å². The van der Waals surface area contributed by atoms with Gasteiger partial charge in [0.2, 0.25) is 0 Å². The number of nitrogens with one attached hydrogen (secondary N) is 3. The molecule has 18 heavy (non-hydrogen) atoms. The summed E-state index contributed by atoms with van der Waals surface area (Å²) in [5.74, 6) is 2.32. The van der Waals surface area contributed by atoms with Crippen molar-refractivity contribution in [2.75, 3.05) is 25.1 Å². The average Bonchev–Trinajstić information content (AvgIpc) is 2.84. The Bertz CT molecular complexity index is 380. The molecule has 0 aliphatic carbocycles. The minimum atomic E-state index is -0.482. The van der Waals surface area contributed by atoms with Crippen LogP contribution in [0, 0.1) is 10.1 Å². The Labute approximate surface area is 110 Å². The van der Waals surface area contributed by atoms with Crippen LogP contribution in [0.4, 0.5) is 0 Å². The maximum Gasteiger partial charge on any atom is 0.274 e. The zero-order valence-corrected chi connectivity index (χ0v) is 11.0. The number of H-pyrrole nitrogens is 1. The molecule has 0 fully saturated rings. The minimum Gasteiger partial charge on any atom is -0.370 e. The number of aromatic amines is 1. The monoisotopic (exact) mass is 271 g/mol. The fraction of sp³-hybridized carbons (Fsp3) is 0.500. The minimum absolute atomic E-state index is 0.425. The molecule has 1 aromatic rings. The molecule has 0 spiro atoms. The predicted molar refractivity (Wildman–Crippen MR) is 71.8 cm³/mol. The van der Waals surface area contributed by atoms with Crippen LogP contribution in [0.3, 0.4) is 0 Å². The maximum atomic E-state index is 10.3. The summed E-state index contributed by atoms with van der Waals surface area (Å²) in [6, 6.07) is 0. The molecule has 0 saturated heterocycles. The van der Waals surface area contributed by atoms with E-state index >= 15 is 0 Å². The van der Waals surface area contributed by atoms with Crippen LogP contribution in [-0.2, 0) is 6.42 Å². The van der Waals surface area contributed by atoms with Crippen molar-refractivity contribution in [3.8, 4) is 0 Å². The van der Waals surface area contributed by atoms with Crippen LogP contribution in [0.5, 0.6) is 0 Å². The number of aryl methyl sites for hydroxylation is 1. The van der Waals surface area contributed by atoms with Gasteiger partial charge in [0.15, 0.2) is 5.82 Å². The highest BCUT2D eigenvalue weighted by Crippen LogP contribution is 2.03. The molecular formula is C10H17N5O2S. The van der Waals surface area contributed by atoms with Crippen LogP contribution in [0.2, 0.25) is 0 Å². The molecule has 7 nitrogen and oxygen atoms in total. The Balaban J connectivity index is 2.06. The molecule has 0 unspecified atom stereocenters. The van der Waals surface area contributed by atoms with E-state index in [0.29, 0.717) is 12.4 Å². The first-order valence-electron chi connectivity index (χ1n) is 5.54. The number of aromatic nitrogens is 2. The SMILES string of the molecule is CN/C(=C/[N+](=O)[O-])NCCSCCc1cnc[nH]1. The predicted octanol–water partition coefficient (Wildman–Crippen LogP) is 0.570. The van der Waals surface area contributed by atoms with E-state index in [0.717, 1.165) is 29.8 Å². The fourth-order valence-electron chi connectivity index (χ4n) is 1.27. The van der Waals surface area contributed by atoms with Crippen LogP contribution < -0.4 is 10.6 Å². The van der Waals surface area contributed by atoms with Crippen LogP contribution in [0.1, 0.15) is 5.69 Å². The summed E-state index contributed by atoms with van der Waals surface area (Å²) in [4.78, 5) is 16.8. The molecule has 0 radical (unpaired) electrons. The smallest absolute Gasteiger partial charge is 0.274 e. The van der Waals surface area contributed by atoms with Crippen molar-refractivity contribution >= 4 is 11.8 Å². The van der Waals surface area contributed by atoms with E-state index in [1.165, 1.54) is 0 Å². The van der Waals surface area contributed by atoms with Crippen LogP contribution in [-0.4, -0.2) is 40.0 Å². The summed E-state index contributed by atoms with van der Waals surface area (Å²) in [7, 11) is 1.65. The van der Waals surface area contributed by atoms with Crippen LogP contribution in [0.25, 0.3) is 0 Å². The second-order valence-electron chi connectivity index (χ2n) is 3.44. The molecule has 3 N–H and O–H groups in total. The fourth-order valence-corrected chi connectivity index (χ4v) is 2.08. The summed E-state index contributed by atoms with van der Waals surface area (Å²) in [5.41, 5.74) is 1.12. The maximum absolute atomic E-state index is 10.3. The highest BCUT2D eigenvalue weighted by molar-refractivity contribution is 7.99. The van der Waals surface area contributed by atoms with Gasteiger partial charge in [0.1, 0.15) is 0 Å². The van der Waals surface area contributed by atoms with Gasteiger partial charge in [-0.25, -0.2) is 4.98 Å². The zero-order chi connectivity index (χ0) is 13.2. The molecule has 1 aromatic heterocycles. The van der Waals surface area contributed by atoms with Crippen LogP contribution >= 0.6 is 11.8 Å². The summed E-state index contributed by atoms with van der Waals surface area (Å²) in [5, 5.41) is 16.0. The molecule has 0 atom stereocenters. The zero-order valence-electron chi connectivity index (χ0n) is 10.2. The van der Waals surface area contributed by atoms with E-state index in [1.807, 2.05) is 6.20 Å². The second kappa shape index (κ2) is 8.40. The summed E-state index contributed by atoms with van der Waals surface area (Å²) in [6.07, 6.45) is 5.37. The van der Waals surface area contributed by atoms with Crippen molar-refractivity contribution < 1.29 is 4.92 Å². The van der Waals surface area contributed by atoms with Gasteiger partial charge in [0, 0.05) is 31.2 Å². The van der Waals surface area contributed by atoms with Gasteiger partial charge in [0.25, 0.3) is 6.20 Å². The van der Waals surface area contributed by atoms with E-state index in [1.54, 1.807) is 25.1 Å². The normalized spacial score (nSPS) is 11.3. The second-order valence-corrected chi connectivity index (χ2v) is 4.67. The number of rotatable bonds is 9. The standard InChI is InChI=1S/C10H17N5O2S/c1-11-10(7-15(16)17)13-3-5-18-4-2-9-6-12-8-14-9/h6-8,11,13H,2-5H2,1H3,(H,12,14)/b10-7-. The number of thioether (sulfide) groups is 1. The Morgan fingerprint density at radius 1 is 1.67 bits per heavy atom. The highest BCUT2D eigenvalue weighted by atomic mass is 32.2. The molecule has 0 aliphatic heterocycles. The third-order valence-electron chi connectivity index (χ3n) is 2.14. The van der Waals surface area contributed by atoms with E-state index in [9.17, 15) is 10.1 Å². The van der Waals surface area contributed by atoms with Gasteiger partial charge >= 0.3 is 0 Å². The third kappa shape index (κ3) is 6.14. The molecule has 0 aromatic carbocycles. The quantitative estimate of drug-likeness (QED) is 0.345. The van der Waals surface area contributed by atoms with E-state index in [-0.39, 0.29) is 0 Å². The number of imidazole rings is 1. The molecule has 0 bridgehead atoms. The summed E-state index contributed by atoms with van der Waals surface area (Å²) >= 11 is 1.79. The number of nitro groups is 1. The van der Waals surface area contributed by atoms with Crippen molar-refractivity contribution in [3.05, 3.63) is 40.4 Å². The first-order valence-corrected chi connectivity index (χ1v) is 6.69. The van der Waals surface area contributed by atoms with Gasteiger partial charge in [-0.15, -0.1) is 0 Å². The molecule has 100 valence electrons. The lowest BCUT2D eigenvalue weighted by molar-refractivity contribution is -0.404. The Morgan fingerprint density at radius 3 is 3.11 bits per heavy atom. The molecule has 8 heteroatoms. The van der Waals surface area contributed by atoms with Crippen molar-refractivity contribution in [1.29, 1.82) is 0 Å². The Kier molecular flexibility index (Phi) is 6.70. The average molecular weight is 271 g/mol. The van der Waals surface area contributed by atoms with E-state index in [2.05, 4.69) is 20.6 Å². The first-order chi connectivity index (χ1) is 8.72. The molecule has 0 saturated carbocycles. The largest absolute Gasteiger partial charge is 0.370 e. The van der Waals surface area contributed by atoms with Gasteiger partial charge in [-0.05, 0) is 12.2 Å². The van der Waals surface area contributed by atoms with E-state index in [4.69, 9.17) is 0 Å².